The van der Waals surface area contributed by atoms with Crippen molar-refractivity contribution in [1.29, 1.82) is 0 Å². The van der Waals surface area contributed by atoms with E-state index in [-0.39, 0.29) is 22.5 Å². The number of rotatable bonds is 6. The van der Waals surface area contributed by atoms with E-state index in [1.165, 1.54) is 10.6 Å². The van der Waals surface area contributed by atoms with Gasteiger partial charge in [0.1, 0.15) is 11.1 Å². The van der Waals surface area contributed by atoms with Gasteiger partial charge < -0.3 is 18.8 Å². The molecule has 5 rings (SSSR count). The molecular weight excluding hydrogens is 539 g/mol. The van der Waals surface area contributed by atoms with Crippen molar-refractivity contribution in [2.45, 2.75) is 25.9 Å². The first-order valence-electron chi connectivity index (χ1n) is 12.3. The van der Waals surface area contributed by atoms with E-state index in [0.717, 1.165) is 17.0 Å². The van der Waals surface area contributed by atoms with Crippen LogP contribution in [0.4, 0.5) is 11.6 Å². The van der Waals surface area contributed by atoms with E-state index in [9.17, 15) is 9.59 Å². The molecule has 3 aromatic heterocycles. The van der Waals surface area contributed by atoms with Gasteiger partial charge in [0.05, 0.1) is 35.3 Å². The van der Waals surface area contributed by atoms with Gasteiger partial charge in [-0.3, -0.25) is 14.5 Å². The fourth-order valence-corrected chi connectivity index (χ4v) is 5.40. The lowest BCUT2D eigenvalue weighted by molar-refractivity contribution is 0.0993. The third-order valence-corrected chi connectivity index (χ3v) is 7.28. The molecule has 1 aliphatic heterocycles. The van der Waals surface area contributed by atoms with Gasteiger partial charge in [-0.15, -0.1) is 0 Å². The van der Waals surface area contributed by atoms with Crippen LogP contribution in [0.1, 0.15) is 47.5 Å². The van der Waals surface area contributed by atoms with Crippen LogP contribution < -0.4 is 20.1 Å². The highest BCUT2D eigenvalue weighted by Gasteiger charge is 2.44. The minimum Gasteiger partial charge on any atom is -0.480 e. The van der Waals surface area contributed by atoms with Crippen molar-refractivity contribution in [1.82, 2.24) is 19.1 Å². The number of ether oxygens (including phenoxy) is 1. The molecule has 0 aliphatic carbocycles. The predicted molar refractivity (Wildman–Crippen MR) is 154 cm³/mol. The molecule has 202 valence electrons. The number of nitrogens with zero attached hydrogens (tertiary/aromatic N) is 6. The van der Waals surface area contributed by atoms with Gasteiger partial charge in [-0.25, -0.2) is 4.98 Å². The van der Waals surface area contributed by atoms with Crippen LogP contribution in [0.5, 0.6) is 5.88 Å². The lowest BCUT2D eigenvalue weighted by Crippen LogP contribution is -2.31. The highest BCUT2D eigenvalue weighted by atomic mass is 35.5. The van der Waals surface area contributed by atoms with Gasteiger partial charge in [-0.1, -0.05) is 35.3 Å². The maximum atomic E-state index is 14.2. The van der Waals surface area contributed by atoms with Gasteiger partial charge in [0, 0.05) is 44.6 Å². The van der Waals surface area contributed by atoms with Gasteiger partial charge in [0.25, 0.3) is 11.5 Å². The number of halogens is 2. The molecule has 39 heavy (non-hydrogen) atoms. The minimum atomic E-state index is -0.512. The molecule has 0 radical (unpaired) electrons. The fourth-order valence-electron chi connectivity index (χ4n) is 5.03. The average Bonchev–Trinajstić information content (AvgIpc) is 3.42. The highest BCUT2D eigenvalue weighted by Crippen LogP contribution is 2.47. The van der Waals surface area contributed by atoms with E-state index in [1.54, 1.807) is 48.5 Å². The van der Waals surface area contributed by atoms with E-state index >= 15 is 0 Å². The first kappa shape index (κ1) is 26.8. The Hall–Kier alpha value is -3.82. The lowest BCUT2D eigenvalue weighted by Gasteiger charge is -2.29. The van der Waals surface area contributed by atoms with Crippen molar-refractivity contribution in [3.63, 3.8) is 0 Å². The Morgan fingerprint density at radius 1 is 1.05 bits per heavy atom. The first-order valence-corrected chi connectivity index (χ1v) is 13.1. The molecule has 1 aromatic carbocycles. The molecule has 1 atom stereocenters. The lowest BCUT2D eigenvalue weighted by atomic mass is 10.0. The zero-order chi connectivity index (χ0) is 28.2. The van der Waals surface area contributed by atoms with Gasteiger partial charge in [-0.05, 0) is 43.7 Å². The van der Waals surface area contributed by atoms with Crippen LogP contribution in [-0.2, 0) is 7.05 Å². The molecule has 0 fully saturated rings. The summed E-state index contributed by atoms with van der Waals surface area (Å²) in [4.78, 5) is 39.0. The molecule has 4 heterocycles. The minimum absolute atomic E-state index is 0.0320. The molecule has 0 N–H and O–H groups in total. The van der Waals surface area contributed by atoms with E-state index in [4.69, 9.17) is 27.9 Å². The number of aromatic nitrogens is 4. The molecule has 1 aliphatic rings. The summed E-state index contributed by atoms with van der Waals surface area (Å²) in [5.74, 6) is 0.702. The molecule has 0 spiro atoms. The van der Waals surface area contributed by atoms with Crippen molar-refractivity contribution < 1.29 is 9.53 Å². The molecule has 11 heteroatoms. The molecule has 1 amide bonds. The summed E-state index contributed by atoms with van der Waals surface area (Å²) in [6, 6.07) is 10.2. The number of hydrogen-bond donors (Lipinski definition) is 0. The summed E-state index contributed by atoms with van der Waals surface area (Å²) in [5.41, 5.74) is 3.80. The van der Waals surface area contributed by atoms with Crippen LogP contribution in [0.25, 0.3) is 11.3 Å². The number of pyridine rings is 1. The number of hydrogen-bond acceptors (Lipinski definition) is 6. The molecular formula is C28H28Cl2N6O3. The van der Waals surface area contributed by atoms with Crippen molar-refractivity contribution in [3.8, 4) is 17.1 Å². The maximum absolute atomic E-state index is 14.2. The molecule has 0 bridgehead atoms. The Morgan fingerprint density at radius 3 is 2.33 bits per heavy atom. The average molecular weight is 567 g/mol. The molecule has 0 saturated carbocycles. The number of carbonyl (C=O) groups is 1. The number of methoxy groups -OCH3 is 1. The maximum Gasteiger partial charge on any atom is 0.269 e. The molecule has 1 unspecified atom stereocenters. The summed E-state index contributed by atoms with van der Waals surface area (Å²) < 4.78 is 9.15. The smallest absolute Gasteiger partial charge is 0.269 e. The van der Waals surface area contributed by atoms with Crippen LogP contribution in [0.3, 0.4) is 0 Å². The summed E-state index contributed by atoms with van der Waals surface area (Å²) >= 11 is 12.5. The molecule has 0 saturated heterocycles. The van der Waals surface area contributed by atoms with E-state index in [1.807, 2.05) is 32.3 Å². The Morgan fingerprint density at radius 2 is 1.74 bits per heavy atom. The Labute approximate surface area is 236 Å². The number of amides is 1. The van der Waals surface area contributed by atoms with E-state index < -0.39 is 6.04 Å². The Bertz CT molecular complexity index is 1620. The third kappa shape index (κ3) is 4.45. The summed E-state index contributed by atoms with van der Waals surface area (Å²) in [6.07, 6.45) is 3.34. The summed E-state index contributed by atoms with van der Waals surface area (Å²) in [7, 11) is 6.89. The topological polar surface area (TPSA) is 85.5 Å². The van der Waals surface area contributed by atoms with Gasteiger partial charge in [0.2, 0.25) is 11.8 Å². The summed E-state index contributed by atoms with van der Waals surface area (Å²) in [5, 5.41) is 0.618. The zero-order valence-corrected chi connectivity index (χ0v) is 23.9. The van der Waals surface area contributed by atoms with Crippen molar-refractivity contribution >= 4 is 40.7 Å². The highest BCUT2D eigenvalue weighted by molar-refractivity contribution is 6.31. The normalized spacial score (nSPS) is 14.7. The van der Waals surface area contributed by atoms with Gasteiger partial charge >= 0.3 is 0 Å². The second kappa shape index (κ2) is 10.1. The largest absolute Gasteiger partial charge is 0.480 e. The van der Waals surface area contributed by atoms with Crippen LogP contribution in [0, 0.1) is 0 Å². The van der Waals surface area contributed by atoms with Crippen LogP contribution in [-0.4, -0.2) is 46.2 Å². The Kier molecular flexibility index (Phi) is 6.90. The van der Waals surface area contributed by atoms with Crippen molar-refractivity contribution in [2.24, 2.45) is 7.05 Å². The molecule has 4 aromatic rings. The van der Waals surface area contributed by atoms with Crippen molar-refractivity contribution in [3.05, 3.63) is 86.0 Å². The standard InChI is InChI=1S/C28H28Cl2N6O3/c1-15(2)35-22(20-13-31-28(33(3)4)32-25(20)39-6)12-19-24(35)23(16-7-9-17(29)10-8-16)36(26(19)37)18-11-21(30)27(38)34(5)14-18/h7-15,23H,1-6H3. The molecule has 9 nitrogen and oxygen atoms in total. The second-order valence-electron chi connectivity index (χ2n) is 9.87. The third-order valence-electron chi connectivity index (χ3n) is 6.76. The predicted octanol–water partition coefficient (Wildman–Crippen LogP) is 5.36. The fraction of sp³-hybridized carbons (Fsp3) is 0.286. The number of anilines is 2. The number of benzene rings is 1. The number of aryl methyl sites for hydroxylation is 1. The van der Waals surface area contributed by atoms with Crippen LogP contribution in [0.2, 0.25) is 10.0 Å². The van der Waals surface area contributed by atoms with E-state index in [0.29, 0.717) is 33.7 Å². The second-order valence-corrected chi connectivity index (χ2v) is 10.7. The Balaban J connectivity index is 1.78. The van der Waals surface area contributed by atoms with Crippen LogP contribution >= 0.6 is 23.2 Å². The number of carbonyl (C=O) groups excluding carboxylic acids is 1. The van der Waals surface area contributed by atoms with E-state index in [2.05, 4.69) is 28.4 Å². The van der Waals surface area contributed by atoms with Gasteiger partial charge in [0.15, 0.2) is 0 Å². The van der Waals surface area contributed by atoms with Crippen LogP contribution in [0.15, 0.2) is 53.6 Å². The summed E-state index contributed by atoms with van der Waals surface area (Å²) in [6.45, 7) is 4.11. The SMILES string of the molecule is COc1nc(N(C)C)ncc1-c1cc2c(n1C(C)C)C(c1ccc(Cl)cc1)N(c1cc(Cl)c(=O)n(C)c1)C2=O. The number of fused-ring (bicyclic) bond motifs is 1. The first-order chi connectivity index (χ1) is 18.5. The quantitative estimate of drug-likeness (QED) is 0.312. The van der Waals surface area contributed by atoms with Crippen molar-refractivity contribution in [2.75, 3.05) is 31.0 Å². The van der Waals surface area contributed by atoms with Gasteiger partial charge in [-0.2, -0.15) is 4.98 Å². The monoisotopic (exact) mass is 566 g/mol. The zero-order valence-electron chi connectivity index (χ0n) is 22.4.